The van der Waals surface area contributed by atoms with Crippen LogP contribution in [0.25, 0.3) is 0 Å². The molecule has 0 aromatic carbocycles. The molecule has 0 spiro atoms. The Labute approximate surface area is 63.8 Å². The molecule has 0 radical (unpaired) electrons. The number of nitrogens with two attached hydrogens (primary N) is 1. The molecule has 0 aromatic heterocycles. The van der Waals surface area contributed by atoms with Gasteiger partial charge in [-0.15, -0.1) is 0 Å². The zero-order valence-electron chi connectivity index (χ0n) is 6.15. The van der Waals surface area contributed by atoms with Crippen LogP contribution < -0.4 is 11.1 Å². The van der Waals surface area contributed by atoms with Crippen LogP contribution in [0.1, 0.15) is 6.42 Å². The number of hydrogen-bond donors (Lipinski definition) is 3. The van der Waals surface area contributed by atoms with E-state index in [1.807, 2.05) is 0 Å². The Morgan fingerprint density at radius 2 is 2.36 bits per heavy atom. The van der Waals surface area contributed by atoms with Gasteiger partial charge in [0.1, 0.15) is 0 Å². The summed E-state index contributed by atoms with van der Waals surface area (Å²) in [6, 6.07) is 0. The lowest BCUT2D eigenvalue weighted by atomic mass is 10.2. The molecule has 4 nitrogen and oxygen atoms in total. The van der Waals surface area contributed by atoms with E-state index in [1.165, 1.54) is 6.20 Å². The monoisotopic (exact) mass is 159 g/mol. The van der Waals surface area contributed by atoms with E-state index in [4.69, 9.17) is 11.1 Å². The summed E-state index contributed by atoms with van der Waals surface area (Å²) in [5.74, 6) is -1.80. The van der Waals surface area contributed by atoms with Gasteiger partial charge in [-0.1, -0.05) is 0 Å². The van der Waals surface area contributed by atoms with Gasteiger partial charge in [0.15, 0.2) is 0 Å². The second kappa shape index (κ2) is 4.43. The minimum atomic E-state index is -1.14. The van der Waals surface area contributed by atoms with Crippen molar-refractivity contribution in [1.29, 1.82) is 5.41 Å². The molecule has 0 unspecified atom stereocenters. The summed E-state index contributed by atoms with van der Waals surface area (Å²) >= 11 is 0. The number of primary amides is 1. The Kier molecular flexibility index (Phi) is 3.87. The molecule has 1 amide bonds. The molecule has 5 heteroatoms. The maximum Gasteiger partial charge on any atom is 0.222 e. The van der Waals surface area contributed by atoms with Gasteiger partial charge in [-0.25, -0.2) is 0 Å². The lowest BCUT2D eigenvalue weighted by Crippen LogP contribution is -2.14. The first-order valence-corrected chi connectivity index (χ1v) is 2.97. The van der Waals surface area contributed by atoms with E-state index in [2.05, 4.69) is 5.32 Å². The van der Waals surface area contributed by atoms with Gasteiger partial charge in [-0.05, 0) is 0 Å². The normalized spacial score (nSPS) is 10.9. The zero-order valence-corrected chi connectivity index (χ0v) is 6.15. The summed E-state index contributed by atoms with van der Waals surface area (Å²) in [4.78, 5) is 10.3. The Morgan fingerprint density at radius 1 is 1.82 bits per heavy atom. The molecule has 0 aliphatic rings. The average Bonchev–Trinajstić information content (AvgIpc) is 1.86. The molecule has 0 saturated carbocycles. The maximum absolute atomic E-state index is 12.2. The highest BCUT2D eigenvalue weighted by Gasteiger charge is 2.06. The molecular formula is C6H10FN3O. The molecule has 11 heavy (non-hydrogen) atoms. The summed E-state index contributed by atoms with van der Waals surface area (Å²) in [7, 11) is 1.55. The molecular weight excluding hydrogens is 149 g/mol. The summed E-state index contributed by atoms with van der Waals surface area (Å²) in [5, 5.41) is 9.07. The van der Waals surface area contributed by atoms with Crippen LogP contribution in [0.4, 0.5) is 4.39 Å². The second-order valence-corrected chi connectivity index (χ2v) is 1.92. The van der Waals surface area contributed by atoms with Gasteiger partial charge in [-0.3, -0.25) is 10.2 Å². The van der Waals surface area contributed by atoms with Gasteiger partial charge in [0.2, 0.25) is 11.9 Å². The fraction of sp³-hybridized carbons (Fsp3) is 0.333. The standard InChI is InChI=1S/C6H10FN3O/c1-10-3-4(6(7)9)2-5(8)11/h3,9-10H,2H2,1H3,(H2,8,11)/b4-3-,9-6?. The van der Waals surface area contributed by atoms with Gasteiger partial charge >= 0.3 is 0 Å². The van der Waals surface area contributed by atoms with E-state index in [-0.39, 0.29) is 12.0 Å². The average molecular weight is 159 g/mol. The lowest BCUT2D eigenvalue weighted by molar-refractivity contribution is -0.117. The molecule has 0 aliphatic heterocycles. The number of carbonyl (C=O) groups is 1. The molecule has 62 valence electrons. The first kappa shape index (κ1) is 9.61. The Hall–Kier alpha value is -1.39. The van der Waals surface area contributed by atoms with Crippen molar-refractivity contribution in [3.63, 3.8) is 0 Å². The van der Waals surface area contributed by atoms with Crippen LogP contribution in [0, 0.1) is 5.41 Å². The predicted molar refractivity (Wildman–Crippen MR) is 39.8 cm³/mol. The van der Waals surface area contributed by atoms with Gasteiger partial charge in [-0.2, -0.15) is 4.39 Å². The van der Waals surface area contributed by atoms with Crippen LogP contribution in [0.2, 0.25) is 0 Å². The lowest BCUT2D eigenvalue weighted by Gasteiger charge is -1.98. The molecule has 0 aromatic rings. The topological polar surface area (TPSA) is 79.0 Å². The predicted octanol–water partition coefficient (Wildman–Crippen LogP) is -0.0881. The van der Waals surface area contributed by atoms with Gasteiger partial charge < -0.3 is 11.1 Å². The van der Waals surface area contributed by atoms with Gasteiger partial charge in [0.05, 0.1) is 6.42 Å². The quantitative estimate of drug-likeness (QED) is 0.501. The zero-order chi connectivity index (χ0) is 8.85. The summed E-state index contributed by atoms with van der Waals surface area (Å²) in [5.41, 5.74) is 4.75. The van der Waals surface area contributed by atoms with Crippen LogP contribution in [0.15, 0.2) is 11.8 Å². The molecule has 0 fully saturated rings. The molecule has 0 bridgehead atoms. The van der Waals surface area contributed by atoms with Crippen LogP contribution >= 0.6 is 0 Å². The van der Waals surface area contributed by atoms with Crippen molar-refractivity contribution < 1.29 is 9.18 Å². The fourth-order valence-corrected chi connectivity index (χ4v) is 0.554. The number of hydrogen-bond acceptors (Lipinski definition) is 3. The van der Waals surface area contributed by atoms with Gasteiger partial charge in [0, 0.05) is 18.8 Å². The largest absolute Gasteiger partial charge is 0.394 e. The van der Waals surface area contributed by atoms with Crippen LogP contribution in [0.3, 0.4) is 0 Å². The minimum Gasteiger partial charge on any atom is -0.394 e. The minimum absolute atomic E-state index is 0.0417. The highest BCUT2D eigenvalue weighted by atomic mass is 19.1. The molecule has 0 atom stereocenters. The third kappa shape index (κ3) is 4.07. The van der Waals surface area contributed by atoms with Crippen molar-refractivity contribution in [2.45, 2.75) is 6.42 Å². The summed E-state index contributed by atoms with van der Waals surface area (Å²) in [6.45, 7) is 0. The Balaban J connectivity index is 4.23. The summed E-state index contributed by atoms with van der Waals surface area (Å²) in [6.07, 6.45) is 0.975. The number of rotatable bonds is 4. The Morgan fingerprint density at radius 3 is 2.64 bits per heavy atom. The smallest absolute Gasteiger partial charge is 0.222 e. The molecule has 0 rings (SSSR count). The van der Waals surface area contributed by atoms with E-state index in [1.54, 1.807) is 7.05 Å². The van der Waals surface area contributed by atoms with Crippen molar-refractivity contribution in [3.05, 3.63) is 11.8 Å². The first-order chi connectivity index (χ1) is 5.07. The molecule has 0 saturated heterocycles. The fourth-order valence-electron chi connectivity index (χ4n) is 0.554. The van der Waals surface area contributed by atoms with E-state index < -0.39 is 11.9 Å². The van der Waals surface area contributed by atoms with Crippen molar-refractivity contribution in [2.24, 2.45) is 5.73 Å². The highest BCUT2D eigenvalue weighted by Crippen LogP contribution is 2.01. The van der Waals surface area contributed by atoms with E-state index in [9.17, 15) is 9.18 Å². The van der Waals surface area contributed by atoms with Crippen LogP contribution in [0.5, 0.6) is 0 Å². The van der Waals surface area contributed by atoms with Crippen molar-refractivity contribution in [3.8, 4) is 0 Å². The number of carbonyl (C=O) groups excluding carboxylic acids is 1. The first-order valence-electron chi connectivity index (χ1n) is 2.97. The van der Waals surface area contributed by atoms with Crippen molar-refractivity contribution in [2.75, 3.05) is 7.05 Å². The molecule has 0 aliphatic carbocycles. The SMILES string of the molecule is CN/C=C(/CC(N)=O)C(=N)F. The third-order valence-corrected chi connectivity index (χ3v) is 0.965. The van der Waals surface area contributed by atoms with Crippen molar-refractivity contribution in [1.82, 2.24) is 5.32 Å². The number of halogens is 1. The Bertz CT molecular complexity index is 200. The third-order valence-electron chi connectivity index (χ3n) is 0.965. The van der Waals surface area contributed by atoms with E-state index in [0.29, 0.717) is 0 Å². The van der Waals surface area contributed by atoms with E-state index >= 15 is 0 Å². The second-order valence-electron chi connectivity index (χ2n) is 1.92. The van der Waals surface area contributed by atoms with E-state index in [0.717, 1.165) is 0 Å². The molecule has 0 heterocycles. The maximum atomic E-state index is 12.2. The van der Waals surface area contributed by atoms with Crippen LogP contribution in [-0.4, -0.2) is 18.9 Å². The van der Waals surface area contributed by atoms with Crippen LogP contribution in [-0.2, 0) is 4.79 Å². The number of amides is 1. The molecule has 4 N–H and O–H groups in total. The van der Waals surface area contributed by atoms with Crippen molar-refractivity contribution >= 4 is 11.9 Å². The van der Waals surface area contributed by atoms with Gasteiger partial charge in [0.25, 0.3) is 0 Å². The number of nitrogens with one attached hydrogen (secondary N) is 2. The summed E-state index contributed by atoms with van der Waals surface area (Å²) < 4.78 is 12.2. The highest BCUT2D eigenvalue weighted by molar-refractivity contribution is 5.95.